The van der Waals surface area contributed by atoms with Crippen LogP contribution in [0.3, 0.4) is 0 Å². The van der Waals surface area contributed by atoms with Crippen molar-refractivity contribution in [3.8, 4) is 0 Å². The number of hydrogen-bond acceptors (Lipinski definition) is 4. The lowest BCUT2D eigenvalue weighted by Crippen LogP contribution is -2.33. The summed E-state index contributed by atoms with van der Waals surface area (Å²) in [5.74, 6) is 0.456. The van der Waals surface area contributed by atoms with Crippen LogP contribution in [0.4, 0.5) is 9.93 Å². The van der Waals surface area contributed by atoms with Crippen LogP contribution in [0.5, 0.6) is 0 Å². The predicted molar refractivity (Wildman–Crippen MR) is 86.0 cm³/mol. The number of aromatic nitrogens is 1. The fraction of sp³-hybridized carbons (Fsp3) is 0.733. The molecule has 1 aromatic rings. The van der Waals surface area contributed by atoms with Gasteiger partial charge in [0.05, 0.1) is 6.61 Å². The zero-order chi connectivity index (χ0) is 15.5. The Bertz CT molecular complexity index is 482. The van der Waals surface area contributed by atoms with Crippen LogP contribution in [0.15, 0.2) is 6.20 Å². The summed E-state index contributed by atoms with van der Waals surface area (Å²) < 4.78 is 5.44. The summed E-state index contributed by atoms with van der Waals surface area (Å²) in [5.41, 5.74) is 0.0663. The molecule has 2 rings (SSSR count). The Morgan fingerprint density at radius 2 is 2.33 bits per heavy atom. The topological polar surface area (TPSA) is 54.5 Å². The number of carbonyl (C=O) groups is 1. The second kappa shape index (κ2) is 6.75. The molecule has 1 aliphatic rings. The number of thiazole rings is 1. The van der Waals surface area contributed by atoms with Crippen molar-refractivity contribution < 1.29 is 9.53 Å². The first-order valence-electron chi connectivity index (χ1n) is 7.50. The highest BCUT2D eigenvalue weighted by Crippen LogP contribution is 2.30. The molecule has 5 nitrogen and oxygen atoms in total. The summed E-state index contributed by atoms with van der Waals surface area (Å²) in [6.07, 6.45) is 2.86. The molecule has 1 aromatic heterocycles. The van der Waals surface area contributed by atoms with Crippen molar-refractivity contribution in [3.05, 3.63) is 11.1 Å². The monoisotopic (exact) mass is 311 g/mol. The van der Waals surface area contributed by atoms with E-state index in [2.05, 4.69) is 31.1 Å². The molecule has 118 valence electrons. The van der Waals surface area contributed by atoms with E-state index in [1.165, 1.54) is 4.88 Å². The number of amides is 2. The molecule has 21 heavy (non-hydrogen) atoms. The maximum absolute atomic E-state index is 12.2. The summed E-state index contributed by atoms with van der Waals surface area (Å²) in [4.78, 5) is 19.6. The maximum Gasteiger partial charge on any atom is 0.323 e. The van der Waals surface area contributed by atoms with Crippen molar-refractivity contribution in [2.24, 2.45) is 5.92 Å². The van der Waals surface area contributed by atoms with Gasteiger partial charge in [0.1, 0.15) is 0 Å². The van der Waals surface area contributed by atoms with Crippen LogP contribution >= 0.6 is 11.3 Å². The van der Waals surface area contributed by atoms with Gasteiger partial charge in [0, 0.05) is 36.7 Å². The minimum atomic E-state index is -0.0520. The number of likely N-dealkylation sites (tertiary alicyclic amines) is 1. The van der Waals surface area contributed by atoms with E-state index in [1.54, 1.807) is 11.3 Å². The average molecular weight is 311 g/mol. The average Bonchev–Trinajstić information content (AvgIpc) is 3.04. The molecule has 6 heteroatoms. The largest absolute Gasteiger partial charge is 0.381 e. The van der Waals surface area contributed by atoms with Gasteiger partial charge in [-0.25, -0.2) is 9.78 Å². The van der Waals surface area contributed by atoms with Crippen LogP contribution in [-0.2, 0) is 10.2 Å². The quantitative estimate of drug-likeness (QED) is 0.928. The van der Waals surface area contributed by atoms with Crippen molar-refractivity contribution in [2.45, 2.75) is 39.5 Å². The lowest BCUT2D eigenvalue weighted by molar-refractivity contribution is 0.113. The Morgan fingerprint density at radius 3 is 2.95 bits per heavy atom. The third-order valence-corrected chi connectivity index (χ3v) is 4.93. The first-order chi connectivity index (χ1) is 9.90. The van der Waals surface area contributed by atoms with Gasteiger partial charge >= 0.3 is 6.03 Å². The lowest BCUT2D eigenvalue weighted by atomic mass is 9.96. The Labute approximate surface area is 130 Å². The van der Waals surface area contributed by atoms with E-state index in [9.17, 15) is 4.79 Å². The number of nitrogens with zero attached hydrogens (tertiary/aromatic N) is 2. The second-order valence-electron chi connectivity index (χ2n) is 6.47. The van der Waals surface area contributed by atoms with Gasteiger partial charge in [-0.2, -0.15) is 0 Å². The predicted octanol–water partition coefficient (Wildman–Crippen LogP) is 3.33. The van der Waals surface area contributed by atoms with Gasteiger partial charge in [-0.05, 0) is 18.8 Å². The van der Waals surface area contributed by atoms with Crippen molar-refractivity contribution in [1.82, 2.24) is 9.88 Å². The molecular formula is C15H25N3O2S. The molecule has 0 bridgehead atoms. The van der Waals surface area contributed by atoms with E-state index in [0.717, 1.165) is 32.7 Å². The van der Waals surface area contributed by atoms with Crippen molar-refractivity contribution >= 4 is 22.5 Å². The van der Waals surface area contributed by atoms with Gasteiger partial charge in [-0.1, -0.05) is 20.8 Å². The molecule has 0 saturated carbocycles. The molecule has 2 amide bonds. The van der Waals surface area contributed by atoms with E-state index in [1.807, 2.05) is 18.0 Å². The van der Waals surface area contributed by atoms with E-state index < -0.39 is 0 Å². The fourth-order valence-electron chi connectivity index (χ4n) is 2.29. The third kappa shape index (κ3) is 4.41. The van der Waals surface area contributed by atoms with Crippen molar-refractivity contribution in [2.75, 3.05) is 31.6 Å². The Kier molecular flexibility index (Phi) is 5.22. The van der Waals surface area contributed by atoms with Gasteiger partial charge in [0.2, 0.25) is 0 Å². The standard InChI is InChI=1S/C15H25N3O2S/c1-5-20-10-11-6-7-18(9-11)14(19)17-13-16-8-12(21-13)15(2,3)4/h8,11H,5-7,9-10H2,1-4H3,(H,16,17,19)/t11-/m1/s1. The summed E-state index contributed by atoms with van der Waals surface area (Å²) in [6, 6.07) is -0.0520. The van der Waals surface area contributed by atoms with Crippen LogP contribution in [0, 0.1) is 5.92 Å². The number of anilines is 1. The summed E-state index contributed by atoms with van der Waals surface area (Å²) in [6.45, 7) is 11.5. The molecule has 0 spiro atoms. The molecule has 1 atom stereocenters. The van der Waals surface area contributed by atoms with E-state index in [0.29, 0.717) is 11.0 Å². The number of carbonyl (C=O) groups excluding carboxylic acids is 1. The third-order valence-electron chi connectivity index (χ3n) is 3.59. The fourth-order valence-corrected chi connectivity index (χ4v) is 3.15. The molecule has 2 heterocycles. The molecule has 1 N–H and O–H groups in total. The number of rotatable bonds is 4. The number of nitrogens with one attached hydrogen (secondary N) is 1. The van der Waals surface area contributed by atoms with E-state index in [4.69, 9.17) is 4.74 Å². The highest BCUT2D eigenvalue weighted by molar-refractivity contribution is 7.15. The van der Waals surface area contributed by atoms with E-state index >= 15 is 0 Å². The molecule has 0 unspecified atom stereocenters. The van der Waals surface area contributed by atoms with Crippen molar-refractivity contribution in [1.29, 1.82) is 0 Å². The van der Waals surface area contributed by atoms with Gasteiger partial charge in [0.25, 0.3) is 0 Å². The maximum atomic E-state index is 12.2. The zero-order valence-electron chi connectivity index (χ0n) is 13.3. The van der Waals surface area contributed by atoms with Crippen LogP contribution < -0.4 is 5.32 Å². The van der Waals surface area contributed by atoms with Gasteiger partial charge < -0.3 is 9.64 Å². The van der Waals surface area contributed by atoms with Crippen LogP contribution in [-0.4, -0.2) is 42.2 Å². The highest BCUT2D eigenvalue weighted by Gasteiger charge is 2.27. The SMILES string of the molecule is CCOC[C@@H]1CCN(C(=O)Nc2ncc(C(C)(C)C)s2)C1. The molecule has 1 fully saturated rings. The first-order valence-corrected chi connectivity index (χ1v) is 8.31. The van der Waals surface area contributed by atoms with Crippen LogP contribution in [0.1, 0.15) is 39.0 Å². The Hall–Kier alpha value is -1.14. The normalized spacial score (nSPS) is 19.0. The molecule has 1 aliphatic heterocycles. The Morgan fingerprint density at radius 1 is 1.57 bits per heavy atom. The zero-order valence-corrected chi connectivity index (χ0v) is 14.1. The molecular weight excluding hydrogens is 286 g/mol. The minimum absolute atomic E-state index is 0.0520. The van der Waals surface area contributed by atoms with Crippen LogP contribution in [0.25, 0.3) is 0 Å². The van der Waals surface area contributed by atoms with Crippen LogP contribution in [0.2, 0.25) is 0 Å². The van der Waals surface area contributed by atoms with E-state index in [-0.39, 0.29) is 11.4 Å². The Balaban J connectivity index is 1.86. The molecule has 0 aliphatic carbocycles. The first kappa shape index (κ1) is 16.2. The lowest BCUT2D eigenvalue weighted by Gasteiger charge is -2.16. The molecule has 0 aromatic carbocycles. The minimum Gasteiger partial charge on any atom is -0.381 e. The van der Waals surface area contributed by atoms with Gasteiger partial charge in [-0.3, -0.25) is 5.32 Å². The second-order valence-corrected chi connectivity index (χ2v) is 7.50. The number of urea groups is 1. The van der Waals surface area contributed by atoms with Gasteiger partial charge in [0.15, 0.2) is 5.13 Å². The summed E-state index contributed by atoms with van der Waals surface area (Å²) >= 11 is 1.55. The van der Waals surface area contributed by atoms with Crippen molar-refractivity contribution in [3.63, 3.8) is 0 Å². The molecule has 1 saturated heterocycles. The summed E-state index contributed by atoms with van der Waals surface area (Å²) in [5, 5.41) is 3.59. The summed E-state index contributed by atoms with van der Waals surface area (Å²) in [7, 11) is 0. The number of hydrogen-bond donors (Lipinski definition) is 1. The highest BCUT2D eigenvalue weighted by atomic mass is 32.1. The smallest absolute Gasteiger partial charge is 0.323 e. The number of ether oxygens (including phenoxy) is 1. The van der Waals surface area contributed by atoms with Gasteiger partial charge in [-0.15, -0.1) is 11.3 Å². The molecule has 0 radical (unpaired) electrons.